The average Bonchev–Trinajstić information content (AvgIpc) is 2.71. The Morgan fingerprint density at radius 3 is 1.53 bits per heavy atom. The Hall–Kier alpha value is -2.44. The summed E-state index contributed by atoms with van der Waals surface area (Å²) in [6.07, 6.45) is 1.61. The van der Waals surface area contributed by atoms with Gasteiger partial charge in [-0.3, -0.25) is 0 Å². The van der Waals surface area contributed by atoms with E-state index in [4.69, 9.17) is 16.3 Å². The summed E-state index contributed by atoms with van der Waals surface area (Å²) in [5.41, 5.74) is 9.73. The molecule has 0 heterocycles. The van der Waals surface area contributed by atoms with E-state index in [0.717, 1.165) is 28.4 Å². The standard InChI is InChI=1S/C14H17BrFN.C14H19FN2/c1-8(2)5-10-6-11(7-17)14(16)12(9(3)4)13(10)15;1-8(2)5-10-6-11(7-16)13(15)12(9(3)4)14(10)17/h6,8-9H,5H2,1-4H3;6,8-9H,5,17H2,1-4H3. The number of halogens is 3. The van der Waals surface area contributed by atoms with Crippen molar-refractivity contribution in [2.75, 3.05) is 5.73 Å². The van der Waals surface area contributed by atoms with Gasteiger partial charge in [0.15, 0.2) is 0 Å². The van der Waals surface area contributed by atoms with Gasteiger partial charge in [-0.15, -0.1) is 0 Å². The van der Waals surface area contributed by atoms with E-state index in [-0.39, 0.29) is 28.8 Å². The minimum atomic E-state index is -0.465. The van der Waals surface area contributed by atoms with Gasteiger partial charge in [-0.2, -0.15) is 10.5 Å². The Labute approximate surface area is 212 Å². The smallest absolute Gasteiger partial charge is 0.146 e. The summed E-state index contributed by atoms with van der Waals surface area (Å²) in [4.78, 5) is 0. The molecule has 0 spiro atoms. The van der Waals surface area contributed by atoms with Gasteiger partial charge in [0.2, 0.25) is 0 Å². The molecule has 0 aliphatic rings. The number of rotatable bonds is 6. The van der Waals surface area contributed by atoms with Gasteiger partial charge in [-0.1, -0.05) is 71.3 Å². The molecule has 2 aromatic carbocycles. The van der Waals surface area contributed by atoms with Gasteiger partial charge in [0, 0.05) is 21.3 Å². The second kappa shape index (κ2) is 12.9. The molecule has 2 N–H and O–H groups in total. The van der Waals surface area contributed by atoms with Crippen LogP contribution in [0.2, 0.25) is 0 Å². The van der Waals surface area contributed by atoms with E-state index in [1.807, 2.05) is 39.8 Å². The van der Waals surface area contributed by atoms with E-state index in [1.165, 1.54) is 0 Å². The van der Waals surface area contributed by atoms with Crippen LogP contribution in [-0.2, 0) is 12.8 Å². The van der Waals surface area contributed by atoms with Crippen LogP contribution in [0.3, 0.4) is 0 Å². The van der Waals surface area contributed by atoms with Gasteiger partial charge in [-0.25, -0.2) is 8.78 Å². The molecule has 0 atom stereocenters. The van der Waals surface area contributed by atoms with Gasteiger partial charge in [0.1, 0.15) is 23.8 Å². The van der Waals surface area contributed by atoms with Gasteiger partial charge in [0.05, 0.1) is 11.1 Å². The molecule has 0 aromatic heterocycles. The molecular formula is C28H36BrF2N3. The van der Waals surface area contributed by atoms with E-state index in [0.29, 0.717) is 28.7 Å². The molecule has 3 nitrogen and oxygen atoms in total. The first-order valence-corrected chi connectivity index (χ1v) is 12.5. The maximum Gasteiger partial charge on any atom is 0.146 e. The van der Waals surface area contributed by atoms with Crippen molar-refractivity contribution in [3.05, 3.63) is 61.6 Å². The molecule has 0 unspecified atom stereocenters. The molecule has 34 heavy (non-hydrogen) atoms. The summed E-state index contributed by atoms with van der Waals surface area (Å²) in [7, 11) is 0. The highest BCUT2D eigenvalue weighted by Gasteiger charge is 2.20. The van der Waals surface area contributed by atoms with E-state index in [9.17, 15) is 8.78 Å². The summed E-state index contributed by atoms with van der Waals surface area (Å²) in [5.74, 6) is 0.0878. The highest BCUT2D eigenvalue weighted by atomic mass is 79.9. The van der Waals surface area contributed by atoms with Crippen molar-refractivity contribution in [2.24, 2.45) is 11.8 Å². The third-order valence-corrected chi connectivity index (χ3v) is 6.33. The first-order valence-electron chi connectivity index (χ1n) is 11.7. The molecule has 0 aliphatic carbocycles. The SMILES string of the molecule is CC(C)Cc1cc(C#N)c(F)c(C(C)C)c1Br.CC(C)Cc1cc(C#N)c(F)c(C(C)C)c1N. The number of nitriles is 2. The van der Waals surface area contributed by atoms with Gasteiger partial charge in [0.25, 0.3) is 0 Å². The summed E-state index contributed by atoms with van der Waals surface area (Å²) < 4.78 is 28.9. The third-order valence-electron chi connectivity index (χ3n) is 5.39. The number of anilines is 1. The minimum absolute atomic E-state index is 0.0192. The second-order valence-corrected chi connectivity index (χ2v) is 10.9. The van der Waals surface area contributed by atoms with Crippen molar-refractivity contribution in [2.45, 2.75) is 80.1 Å². The Morgan fingerprint density at radius 2 is 1.15 bits per heavy atom. The normalized spacial score (nSPS) is 11.0. The number of nitrogens with zero attached hydrogens (tertiary/aromatic N) is 2. The molecule has 184 valence electrons. The van der Waals surface area contributed by atoms with Gasteiger partial charge >= 0.3 is 0 Å². The lowest BCUT2D eigenvalue weighted by Crippen LogP contribution is -2.08. The molecule has 0 radical (unpaired) electrons. The first kappa shape index (κ1) is 29.6. The molecule has 0 saturated heterocycles. The minimum Gasteiger partial charge on any atom is -0.398 e. The predicted octanol–water partition coefficient (Wildman–Crippen LogP) is 8.38. The third kappa shape index (κ3) is 7.28. The number of nitrogen functional groups attached to an aromatic ring is 1. The predicted molar refractivity (Wildman–Crippen MR) is 140 cm³/mol. The Kier molecular flexibility index (Phi) is 11.2. The lowest BCUT2D eigenvalue weighted by atomic mass is 9.91. The quantitative estimate of drug-likeness (QED) is 0.380. The van der Waals surface area contributed by atoms with Crippen LogP contribution in [-0.4, -0.2) is 0 Å². The lowest BCUT2D eigenvalue weighted by Gasteiger charge is -2.17. The lowest BCUT2D eigenvalue weighted by molar-refractivity contribution is 0.586. The summed E-state index contributed by atoms with van der Waals surface area (Å²) in [6.45, 7) is 16.0. The molecule has 0 bridgehead atoms. The number of benzene rings is 2. The summed E-state index contributed by atoms with van der Waals surface area (Å²) in [6, 6.07) is 7.07. The molecule has 6 heteroatoms. The van der Waals surface area contributed by atoms with Crippen LogP contribution < -0.4 is 5.73 Å². The summed E-state index contributed by atoms with van der Waals surface area (Å²) in [5, 5.41) is 17.9. The molecule has 0 aliphatic heterocycles. The molecule has 0 amide bonds. The van der Waals surface area contributed by atoms with Crippen LogP contribution in [0.4, 0.5) is 14.5 Å². The van der Waals surface area contributed by atoms with E-state index in [2.05, 4.69) is 43.6 Å². The zero-order valence-electron chi connectivity index (χ0n) is 21.5. The van der Waals surface area contributed by atoms with Crippen LogP contribution >= 0.6 is 15.9 Å². The number of hydrogen-bond acceptors (Lipinski definition) is 3. The van der Waals surface area contributed by atoms with E-state index >= 15 is 0 Å². The Balaban J connectivity index is 0.000000340. The Morgan fingerprint density at radius 1 is 0.765 bits per heavy atom. The van der Waals surface area contributed by atoms with Crippen molar-refractivity contribution < 1.29 is 8.78 Å². The second-order valence-electron chi connectivity index (χ2n) is 10.1. The monoisotopic (exact) mass is 531 g/mol. The van der Waals surface area contributed by atoms with Crippen LogP contribution in [0.5, 0.6) is 0 Å². The van der Waals surface area contributed by atoms with E-state index < -0.39 is 5.82 Å². The van der Waals surface area contributed by atoms with Crippen LogP contribution in [0.1, 0.15) is 101 Å². The van der Waals surface area contributed by atoms with E-state index in [1.54, 1.807) is 12.1 Å². The molecule has 0 fully saturated rings. The largest absolute Gasteiger partial charge is 0.398 e. The average molecular weight is 533 g/mol. The zero-order chi connectivity index (χ0) is 26.3. The zero-order valence-corrected chi connectivity index (χ0v) is 23.1. The highest BCUT2D eigenvalue weighted by molar-refractivity contribution is 9.10. The van der Waals surface area contributed by atoms with Crippen LogP contribution in [0.15, 0.2) is 16.6 Å². The fraction of sp³-hybridized carbons (Fsp3) is 0.500. The molecule has 2 aromatic rings. The van der Waals surface area contributed by atoms with Crippen LogP contribution in [0.25, 0.3) is 0 Å². The summed E-state index contributed by atoms with van der Waals surface area (Å²) >= 11 is 3.48. The van der Waals surface area contributed by atoms with Crippen LogP contribution in [0, 0.1) is 46.1 Å². The maximum atomic E-state index is 14.0. The van der Waals surface area contributed by atoms with Gasteiger partial charge < -0.3 is 5.73 Å². The topological polar surface area (TPSA) is 73.6 Å². The maximum absolute atomic E-state index is 14.0. The van der Waals surface area contributed by atoms with Crippen molar-refractivity contribution in [3.63, 3.8) is 0 Å². The molecule has 2 rings (SSSR count). The Bertz CT molecular complexity index is 1000. The van der Waals surface area contributed by atoms with Crippen molar-refractivity contribution in [1.82, 2.24) is 0 Å². The fourth-order valence-corrected chi connectivity index (χ4v) is 4.81. The van der Waals surface area contributed by atoms with Crippen molar-refractivity contribution in [3.8, 4) is 12.1 Å². The van der Waals surface area contributed by atoms with Crippen molar-refractivity contribution in [1.29, 1.82) is 10.5 Å². The van der Waals surface area contributed by atoms with Gasteiger partial charge in [-0.05, 0) is 59.8 Å². The molecule has 0 saturated carbocycles. The highest BCUT2D eigenvalue weighted by Crippen LogP contribution is 2.34. The fourth-order valence-electron chi connectivity index (χ4n) is 3.90. The first-order chi connectivity index (χ1) is 15.8. The number of nitrogens with two attached hydrogens (primary N) is 1. The van der Waals surface area contributed by atoms with Crippen molar-refractivity contribution >= 4 is 21.6 Å². The number of hydrogen-bond donors (Lipinski definition) is 1. The molecular weight excluding hydrogens is 496 g/mol.